The summed E-state index contributed by atoms with van der Waals surface area (Å²) in [6, 6.07) is 3.32. The zero-order chi connectivity index (χ0) is 30.3. The molecule has 0 heterocycles. The van der Waals surface area contributed by atoms with Crippen LogP contribution in [0.4, 0.5) is 9.59 Å². The van der Waals surface area contributed by atoms with Gasteiger partial charge in [0.1, 0.15) is 18.2 Å². The van der Waals surface area contributed by atoms with Crippen molar-refractivity contribution in [3.63, 3.8) is 0 Å². The molecule has 11 heteroatoms. The summed E-state index contributed by atoms with van der Waals surface area (Å²) in [4.78, 5) is 49.0. The van der Waals surface area contributed by atoms with Gasteiger partial charge in [0.05, 0.1) is 19.6 Å². The quantitative estimate of drug-likeness (QED) is 0.124. The van der Waals surface area contributed by atoms with Crippen molar-refractivity contribution < 1.29 is 47.6 Å². The van der Waals surface area contributed by atoms with Crippen LogP contribution in [0.1, 0.15) is 86.1 Å². The van der Waals surface area contributed by atoms with Crippen LogP contribution in [0.15, 0.2) is 18.2 Å². The highest BCUT2D eigenvalue weighted by molar-refractivity contribution is 5.76. The lowest BCUT2D eigenvalue weighted by Gasteiger charge is -2.24. The maximum Gasteiger partial charge on any atom is 0.513 e. The molecule has 40 heavy (non-hydrogen) atoms. The average molecular weight is 568 g/mol. The molecule has 226 valence electrons. The predicted molar refractivity (Wildman–Crippen MR) is 147 cm³/mol. The molecular weight excluding hydrogens is 522 g/mol. The number of rotatable bonds is 15. The molecule has 0 aliphatic rings. The summed E-state index contributed by atoms with van der Waals surface area (Å²) in [6.07, 6.45) is -0.0750. The molecule has 1 rings (SSSR count). The molecule has 0 unspecified atom stereocenters. The zero-order valence-corrected chi connectivity index (χ0v) is 24.8. The molecule has 2 N–H and O–H groups in total. The molecule has 0 aliphatic heterocycles. The van der Waals surface area contributed by atoms with Crippen molar-refractivity contribution in [1.29, 1.82) is 0 Å². The fourth-order valence-corrected chi connectivity index (χ4v) is 3.16. The van der Waals surface area contributed by atoms with Crippen LogP contribution in [-0.2, 0) is 35.0 Å². The maximum atomic E-state index is 12.6. The first-order valence-electron chi connectivity index (χ1n) is 13.7. The number of carbonyl (C=O) groups excluding carboxylic acids is 4. The first kappa shape index (κ1) is 34.7. The number of hydrogen-bond acceptors (Lipinski definition) is 11. The Kier molecular flexibility index (Phi) is 15.1. The lowest BCUT2D eigenvalue weighted by molar-refractivity contribution is -0.167. The second kappa shape index (κ2) is 17.4. The Balaban J connectivity index is 2.88. The van der Waals surface area contributed by atoms with Gasteiger partial charge < -0.3 is 34.2 Å². The normalized spacial score (nSPS) is 13.4. The van der Waals surface area contributed by atoms with Crippen LogP contribution in [0.5, 0.6) is 11.5 Å². The summed E-state index contributed by atoms with van der Waals surface area (Å²) in [5.41, 5.74) is 6.35. The highest BCUT2D eigenvalue weighted by Crippen LogP contribution is 2.30. The molecule has 0 amide bonds. The average Bonchev–Trinajstić information content (AvgIpc) is 2.84. The summed E-state index contributed by atoms with van der Waals surface area (Å²) >= 11 is 0. The number of esters is 2. The monoisotopic (exact) mass is 567 g/mol. The second-order valence-electron chi connectivity index (χ2n) is 10.8. The summed E-state index contributed by atoms with van der Waals surface area (Å²) in [6.45, 7) is 13.3. The van der Waals surface area contributed by atoms with E-state index in [2.05, 4.69) is 0 Å². The van der Waals surface area contributed by atoms with E-state index in [0.29, 0.717) is 18.4 Å². The van der Waals surface area contributed by atoms with Gasteiger partial charge in [-0.2, -0.15) is 0 Å². The summed E-state index contributed by atoms with van der Waals surface area (Å²) in [7, 11) is 0. The smallest absolute Gasteiger partial charge is 0.459 e. The molecule has 1 aromatic rings. The number of hydrogen-bond donors (Lipinski definition) is 1. The number of benzene rings is 1. The van der Waals surface area contributed by atoms with E-state index in [1.807, 2.05) is 34.6 Å². The van der Waals surface area contributed by atoms with Crippen molar-refractivity contribution in [3.05, 3.63) is 23.8 Å². The Morgan fingerprint density at radius 1 is 0.825 bits per heavy atom. The Labute approximate surface area is 236 Å². The van der Waals surface area contributed by atoms with E-state index in [1.165, 1.54) is 12.1 Å². The molecule has 11 nitrogen and oxygen atoms in total. The van der Waals surface area contributed by atoms with E-state index in [1.54, 1.807) is 19.9 Å². The van der Waals surface area contributed by atoms with Gasteiger partial charge in [0, 0.05) is 0 Å². The number of nitrogens with two attached hydrogens (primary N) is 1. The first-order valence-corrected chi connectivity index (χ1v) is 13.7. The van der Waals surface area contributed by atoms with Crippen molar-refractivity contribution >= 4 is 24.2 Å². The Morgan fingerprint density at radius 3 is 1.88 bits per heavy atom. The fraction of sp³-hybridized carbons (Fsp3) is 0.655. The third-order valence-corrected chi connectivity index (χ3v) is 5.54. The van der Waals surface area contributed by atoms with Gasteiger partial charge in [0.25, 0.3) is 0 Å². The Bertz CT molecular complexity index is 972. The van der Waals surface area contributed by atoms with Crippen LogP contribution in [-0.4, -0.2) is 55.7 Å². The van der Waals surface area contributed by atoms with Crippen LogP contribution in [0.3, 0.4) is 0 Å². The molecule has 1 aromatic carbocycles. The van der Waals surface area contributed by atoms with E-state index >= 15 is 0 Å². The van der Waals surface area contributed by atoms with Crippen LogP contribution in [0.25, 0.3) is 0 Å². The van der Waals surface area contributed by atoms with Gasteiger partial charge >= 0.3 is 24.2 Å². The van der Waals surface area contributed by atoms with Crippen LogP contribution in [0, 0.1) is 5.41 Å². The molecule has 0 aliphatic carbocycles. The number of ether oxygens (including phenoxy) is 6. The summed E-state index contributed by atoms with van der Waals surface area (Å²) in [5.74, 6) is -1.25. The van der Waals surface area contributed by atoms with E-state index in [0.717, 1.165) is 12.8 Å². The highest BCUT2D eigenvalue weighted by atomic mass is 16.7. The predicted octanol–water partition coefficient (Wildman–Crippen LogP) is 5.49. The van der Waals surface area contributed by atoms with Gasteiger partial charge in [0.15, 0.2) is 11.5 Å². The maximum absolute atomic E-state index is 12.6. The van der Waals surface area contributed by atoms with E-state index in [-0.39, 0.29) is 48.9 Å². The lowest BCUT2D eigenvalue weighted by Crippen LogP contribution is -2.39. The van der Waals surface area contributed by atoms with Crippen LogP contribution < -0.4 is 15.2 Å². The van der Waals surface area contributed by atoms with Gasteiger partial charge in [0.2, 0.25) is 0 Å². The van der Waals surface area contributed by atoms with Crippen molar-refractivity contribution in [1.82, 2.24) is 0 Å². The third kappa shape index (κ3) is 14.2. The fourth-order valence-electron chi connectivity index (χ4n) is 3.16. The Hall–Kier alpha value is -3.34. The Morgan fingerprint density at radius 2 is 1.35 bits per heavy atom. The molecule has 0 bridgehead atoms. The standard InChI is InChI=1S/C29H45NO10/c1-8-10-14-35-27(33)39-23-13-12-21(17-24(23)40-28(34)36-15-11-9-2)16-22(30)26(32)38-20(4)19(3)37-25(31)18-29(5,6)7/h12-13,17,19-20,22H,8-11,14-16,18,30H2,1-7H3/t19-,20-,22-/m0/s1. The second-order valence-corrected chi connectivity index (χ2v) is 10.8. The molecule has 0 saturated heterocycles. The van der Waals surface area contributed by atoms with Gasteiger partial charge in [-0.3, -0.25) is 9.59 Å². The zero-order valence-electron chi connectivity index (χ0n) is 24.8. The minimum absolute atomic E-state index is 0.0201. The molecule has 3 atom stereocenters. The van der Waals surface area contributed by atoms with Crippen molar-refractivity contribution in [3.8, 4) is 11.5 Å². The van der Waals surface area contributed by atoms with Gasteiger partial charge in [-0.15, -0.1) is 0 Å². The van der Waals surface area contributed by atoms with Crippen LogP contribution >= 0.6 is 0 Å². The van der Waals surface area contributed by atoms with Crippen molar-refractivity contribution in [2.75, 3.05) is 13.2 Å². The van der Waals surface area contributed by atoms with Gasteiger partial charge in [-0.1, -0.05) is 53.5 Å². The summed E-state index contributed by atoms with van der Waals surface area (Å²) in [5, 5.41) is 0. The molecular formula is C29H45NO10. The third-order valence-electron chi connectivity index (χ3n) is 5.54. The van der Waals surface area contributed by atoms with Crippen molar-refractivity contribution in [2.24, 2.45) is 11.1 Å². The first-order chi connectivity index (χ1) is 18.7. The SMILES string of the molecule is CCCCOC(=O)Oc1ccc(C[C@H](N)C(=O)O[C@@H](C)[C@H](C)OC(=O)CC(C)(C)C)cc1OC(=O)OCCCC. The van der Waals surface area contributed by atoms with Gasteiger partial charge in [-0.05, 0) is 56.2 Å². The van der Waals surface area contributed by atoms with Gasteiger partial charge in [-0.25, -0.2) is 9.59 Å². The molecule has 0 spiro atoms. The minimum atomic E-state index is -1.07. The molecule has 0 fully saturated rings. The summed E-state index contributed by atoms with van der Waals surface area (Å²) < 4.78 is 31.3. The molecule has 0 saturated carbocycles. The van der Waals surface area contributed by atoms with E-state index in [9.17, 15) is 19.2 Å². The van der Waals surface area contributed by atoms with Crippen LogP contribution in [0.2, 0.25) is 0 Å². The molecule has 0 aromatic heterocycles. The molecule has 0 radical (unpaired) electrons. The van der Waals surface area contributed by atoms with E-state index in [4.69, 9.17) is 34.2 Å². The minimum Gasteiger partial charge on any atom is -0.459 e. The van der Waals surface area contributed by atoms with E-state index < -0.39 is 36.5 Å². The number of carbonyl (C=O) groups is 4. The van der Waals surface area contributed by atoms with Crippen molar-refractivity contribution in [2.45, 2.75) is 105 Å². The lowest BCUT2D eigenvalue weighted by atomic mass is 9.92. The topological polar surface area (TPSA) is 150 Å². The highest BCUT2D eigenvalue weighted by Gasteiger charge is 2.26. The number of unbranched alkanes of at least 4 members (excludes halogenated alkanes) is 2. The largest absolute Gasteiger partial charge is 0.513 e.